The fourth-order valence-corrected chi connectivity index (χ4v) is 2.45. The van der Waals surface area contributed by atoms with Gasteiger partial charge in [-0.3, -0.25) is 0 Å². The van der Waals surface area contributed by atoms with Crippen molar-refractivity contribution in [2.75, 3.05) is 23.3 Å². The maximum Gasteiger partial charge on any atom is 0.231 e. The summed E-state index contributed by atoms with van der Waals surface area (Å²) < 4.78 is 5.49. The lowest BCUT2D eigenvalue weighted by atomic mass is 10.3. The Bertz CT molecular complexity index is 625. The summed E-state index contributed by atoms with van der Waals surface area (Å²) in [5.41, 5.74) is 0. The first-order valence-corrected chi connectivity index (χ1v) is 7.35. The van der Waals surface area contributed by atoms with Gasteiger partial charge in [0.2, 0.25) is 23.1 Å². The van der Waals surface area contributed by atoms with Crippen LogP contribution in [0.3, 0.4) is 0 Å². The number of nitrogens with one attached hydrogen (secondary N) is 1. The monoisotopic (exact) mass is 308 g/mol. The van der Waals surface area contributed by atoms with Crippen LogP contribution in [0.4, 0.5) is 11.9 Å². The lowest BCUT2D eigenvalue weighted by molar-refractivity contribution is 0.453. The maximum absolute atomic E-state index is 5.99. The van der Waals surface area contributed by atoms with E-state index in [1.807, 2.05) is 13.8 Å². The molecule has 1 aliphatic rings. The molecule has 21 heavy (non-hydrogen) atoms. The number of anilines is 2. The summed E-state index contributed by atoms with van der Waals surface area (Å²) in [6.07, 6.45) is 3.99. The summed E-state index contributed by atoms with van der Waals surface area (Å²) in [5.74, 6) is 2.41. The molecule has 7 nitrogen and oxygen atoms in total. The Morgan fingerprint density at radius 1 is 1.29 bits per heavy atom. The van der Waals surface area contributed by atoms with Gasteiger partial charge in [-0.15, -0.1) is 0 Å². The first-order valence-electron chi connectivity index (χ1n) is 6.97. The molecule has 0 amide bonds. The number of oxazole rings is 1. The van der Waals surface area contributed by atoms with E-state index in [0.717, 1.165) is 31.7 Å². The predicted octanol–water partition coefficient (Wildman–Crippen LogP) is 2.59. The average molecular weight is 309 g/mol. The van der Waals surface area contributed by atoms with Crippen molar-refractivity contribution in [1.82, 2.24) is 19.9 Å². The van der Waals surface area contributed by atoms with Crippen LogP contribution in [-0.2, 0) is 0 Å². The van der Waals surface area contributed by atoms with Crippen LogP contribution in [-0.4, -0.2) is 33.0 Å². The molecule has 0 saturated carbocycles. The van der Waals surface area contributed by atoms with Gasteiger partial charge in [-0.25, -0.2) is 4.98 Å². The quantitative estimate of drug-likeness (QED) is 0.929. The Kier molecular flexibility index (Phi) is 3.92. The van der Waals surface area contributed by atoms with Crippen molar-refractivity contribution in [2.24, 2.45) is 0 Å². The smallest absolute Gasteiger partial charge is 0.231 e. The van der Waals surface area contributed by atoms with Crippen molar-refractivity contribution < 1.29 is 4.42 Å². The highest BCUT2D eigenvalue weighted by molar-refractivity contribution is 6.28. The second-order valence-corrected chi connectivity index (χ2v) is 5.44. The minimum absolute atomic E-state index is 0.149. The van der Waals surface area contributed by atoms with Crippen molar-refractivity contribution in [3.63, 3.8) is 0 Å². The number of rotatable bonds is 4. The van der Waals surface area contributed by atoms with Gasteiger partial charge in [0.1, 0.15) is 11.8 Å². The molecule has 1 aliphatic heterocycles. The molecule has 1 atom stereocenters. The van der Waals surface area contributed by atoms with Gasteiger partial charge in [-0.1, -0.05) is 0 Å². The zero-order valence-electron chi connectivity index (χ0n) is 12.0. The molecule has 1 fully saturated rings. The zero-order chi connectivity index (χ0) is 14.8. The second kappa shape index (κ2) is 5.85. The van der Waals surface area contributed by atoms with Gasteiger partial charge in [-0.05, 0) is 38.3 Å². The molecule has 0 bridgehead atoms. The Labute approximate surface area is 127 Å². The van der Waals surface area contributed by atoms with Crippen molar-refractivity contribution in [3.8, 4) is 0 Å². The third-order valence-corrected chi connectivity index (χ3v) is 3.51. The normalized spacial score (nSPS) is 16.2. The summed E-state index contributed by atoms with van der Waals surface area (Å²) >= 11 is 5.99. The van der Waals surface area contributed by atoms with Gasteiger partial charge >= 0.3 is 0 Å². The lowest BCUT2D eigenvalue weighted by Gasteiger charge is -2.16. The topological polar surface area (TPSA) is 80.0 Å². The van der Waals surface area contributed by atoms with Gasteiger partial charge in [-0.2, -0.15) is 15.0 Å². The van der Waals surface area contributed by atoms with E-state index in [0.29, 0.717) is 17.8 Å². The van der Waals surface area contributed by atoms with Crippen molar-refractivity contribution in [1.29, 1.82) is 0 Å². The molecular formula is C13H17ClN6O. The van der Waals surface area contributed by atoms with Gasteiger partial charge in [0.05, 0.1) is 6.20 Å². The molecule has 0 aliphatic carbocycles. The van der Waals surface area contributed by atoms with Crippen molar-refractivity contribution >= 4 is 23.5 Å². The minimum Gasteiger partial charge on any atom is -0.444 e. The Morgan fingerprint density at radius 2 is 2.05 bits per heavy atom. The van der Waals surface area contributed by atoms with E-state index in [9.17, 15) is 0 Å². The van der Waals surface area contributed by atoms with Crippen molar-refractivity contribution in [2.45, 2.75) is 32.7 Å². The van der Waals surface area contributed by atoms with Gasteiger partial charge < -0.3 is 14.6 Å². The molecule has 2 aromatic heterocycles. The number of hydrogen-bond acceptors (Lipinski definition) is 7. The zero-order valence-corrected chi connectivity index (χ0v) is 12.8. The number of halogens is 1. The van der Waals surface area contributed by atoms with E-state index in [-0.39, 0.29) is 11.3 Å². The van der Waals surface area contributed by atoms with Gasteiger partial charge in [0.25, 0.3) is 0 Å². The summed E-state index contributed by atoms with van der Waals surface area (Å²) in [7, 11) is 0. The van der Waals surface area contributed by atoms with Crippen LogP contribution >= 0.6 is 11.6 Å². The molecule has 112 valence electrons. The van der Waals surface area contributed by atoms with E-state index in [1.165, 1.54) is 0 Å². The largest absolute Gasteiger partial charge is 0.444 e. The molecule has 1 unspecified atom stereocenters. The number of hydrogen-bond donors (Lipinski definition) is 1. The summed E-state index contributed by atoms with van der Waals surface area (Å²) in [6, 6.07) is -0.149. The highest BCUT2D eigenvalue weighted by atomic mass is 35.5. The van der Waals surface area contributed by atoms with Crippen LogP contribution in [0.5, 0.6) is 0 Å². The minimum atomic E-state index is -0.149. The van der Waals surface area contributed by atoms with E-state index < -0.39 is 0 Å². The van der Waals surface area contributed by atoms with E-state index in [4.69, 9.17) is 16.0 Å². The van der Waals surface area contributed by atoms with Crippen LogP contribution in [0, 0.1) is 6.92 Å². The molecule has 0 radical (unpaired) electrons. The lowest BCUT2D eigenvalue weighted by Crippen LogP contribution is -2.22. The fourth-order valence-electron chi connectivity index (χ4n) is 2.29. The Morgan fingerprint density at radius 3 is 2.71 bits per heavy atom. The van der Waals surface area contributed by atoms with Crippen LogP contribution in [0.1, 0.15) is 37.5 Å². The fraction of sp³-hybridized carbons (Fsp3) is 0.538. The summed E-state index contributed by atoms with van der Waals surface area (Å²) in [6.45, 7) is 5.69. The Hall–Kier alpha value is -1.89. The predicted molar refractivity (Wildman–Crippen MR) is 79.6 cm³/mol. The molecule has 3 heterocycles. The highest BCUT2D eigenvalue weighted by Gasteiger charge is 2.18. The summed E-state index contributed by atoms with van der Waals surface area (Å²) in [5, 5.41) is 3.33. The van der Waals surface area contributed by atoms with Crippen LogP contribution in [0.2, 0.25) is 5.28 Å². The van der Waals surface area contributed by atoms with Crippen molar-refractivity contribution in [3.05, 3.63) is 23.1 Å². The third-order valence-electron chi connectivity index (χ3n) is 3.34. The number of nitrogens with zero attached hydrogens (tertiary/aromatic N) is 5. The van der Waals surface area contributed by atoms with Gasteiger partial charge in [0, 0.05) is 13.1 Å². The number of aryl methyl sites for hydroxylation is 1. The number of aromatic nitrogens is 4. The molecule has 0 aromatic carbocycles. The molecular weight excluding hydrogens is 292 g/mol. The van der Waals surface area contributed by atoms with Crippen LogP contribution in [0.25, 0.3) is 0 Å². The van der Waals surface area contributed by atoms with E-state index in [2.05, 4.69) is 30.2 Å². The SMILES string of the molecule is Cc1cnc(C(C)Nc2nc(Cl)nc(N3CCCC3)n2)o1. The third kappa shape index (κ3) is 3.24. The molecule has 0 spiro atoms. The van der Waals surface area contributed by atoms with E-state index in [1.54, 1.807) is 6.20 Å². The van der Waals surface area contributed by atoms with Gasteiger partial charge in [0.15, 0.2) is 0 Å². The molecule has 1 saturated heterocycles. The summed E-state index contributed by atoms with van der Waals surface area (Å²) in [4.78, 5) is 19.0. The molecule has 1 N–H and O–H groups in total. The standard InChI is InChI=1S/C13H17ClN6O/c1-8-7-15-10(21-8)9(2)16-12-17-11(14)18-13(19-12)20-5-3-4-6-20/h7,9H,3-6H2,1-2H3,(H,16,17,18,19). The van der Waals surface area contributed by atoms with Crippen LogP contribution in [0.15, 0.2) is 10.6 Å². The average Bonchev–Trinajstić information content (AvgIpc) is 3.08. The Balaban J connectivity index is 1.78. The second-order valence-electron chi connectivity index (χ2n) is 5.10. The molecule has 3 rings (SSSR count). The molecule has 8 heteroatoms. The van der Waals surface area contributed by atoms with E-state index >= 15 is 0 Å². The first-order chi connectivity index (χ1) is 10.1. The molecule has 2 aromatic rings. The first kappa shape index (κ1) is 14.1. The highest BCUT2D eigenvalue weighted by Crippen LogP contribution is 2.21. The maximum atomic E-state index is 5.99. The van der Waals surface area contributed by atoms with Crippen LogP contribution < -0.4 is 10.2 Å².